The smallest absolute Gasteiger partial charge is 0.0645 e. The van der Waals surface area contributed by atoms with Crippen molar-refractivity contribution in [1.29, 1.82) is 0 Å². The summed E-state index contributed by atoms with van der Waals surface area (Å²) in [5.74, 6) is 0.950. The Hall–Kier alpha value is -2.24. The van der Waals surface area contributed by atoms with Crippen LogP contribution in [0.5, 0.6) is 0 Å². The number of aliphatic hydroxyl groups excluding tert-OH is 1. The first-order valence-electron chi connectivity index (χ1n) is 8.02. The molecule has 24 heavy (non-hydrogen) atoms. The number of nitrogens with zero attached hydrogens (tertiary/aromatic N) is 2. The van der Waals surface area contributed by atoms with E-state index in [0.717, 1.165) is 30.1 Å². The molecule has 0 aliphatic carbocycles. The fraction of sp³-hybridized carbons (Fsp3) is 0.211. The van der Waals surface area contributed by atoms with Crippen LogP contribution in [0.3, 0.4) is 0 Å². The third-order valence-corrected chi connectivity index (χ3v) is 4.73. The van der Waals surface area contributed by atoms with Crippen LogP contribution in [0.2, 0.25) is 0 Å². The van der Waals surface area contributed by atoms with Crippen molar-refractivity contribution in [3.63, 3.8) is 0 Å². The molecule has 0 aliphatic heterocycles. The van der Waals surface area contributed by atoms with Gasteiger partial charge in [0.1, 0.15) is 0 Å². The molecule has 0 radical (unpaired) electrons. The number of anilines is 1. The van der Waals surface area contributed by atoms with E-state index in [-0.39, 0.29) is 6.61 Å². The lowest BCUT2D eigenvalue weighted by Gasteiger charge is -2.09. The van der Waals surface area contributed by atoms with Crippen LogP contribution in [0.4, 0.5) is 5.69 Å². The zero-order valence-electron chi connectivity index (χ0n) is 13.4. The molecular weight excluding hydrogens is 318 g/mol. The summed E-state index contributed by atoms with van der Waals surface area (Å²) >= 11 is 1.77. The minimum Gasteiger partial charge on any atom is -0.396 e. The summed E-state index contributed by atoms with van der Waals surface area (Å²) in [6.45, 7) is 1.04. The first-order valence-corrected chi connectivity index (χ1v) is 9.00. The van der Waals surface area contributed by atoms with Crippen molar-refractivity contribution in [2.24, 2.45) is 0 Å². The number of aliphatic hydroxyl groups is 1. The molecule has 0 unspecified atom stereocenters. The van der Waals surface area contributed by atoms with E-state index in [1.807, 2.05) is 16.9 Å². The van der Waals surface area contributed by atoms with Gasteiger partial charge in [-0.05, 0) is 54.4 Å². The van der Waals surface area contributed by atoms with Crippen LogP contribution in [0.1, 0.15) is 12.0 Å². The molecule has 1 aromatic heterocycles. The van der Waals surface area contributed by atoms with E-state index < -0.39 is 0 Å². The van der Waals surface area contributed by atoms with Gasteiger partial charge in [0.2, 0.25) is 0 Å². The molecule has 3 aromatic rings. The van der Waals surface area contributed by atoms with Gasteiger partial charge in [0.25, 0.3) is 0 Å². The van der Waals surface area contributed by atoms with Gasteiger partial charge in [-0.25, -0.2) is 4.68 Å². The van der Waals surface area contributed by atoms with E-state index in [9.17, 15) is 0 Å². The van der Waals surface area contributed by atoms with Crippen molar-refractivity contribution >= 4 is 17.4 Å². The highest BCUT2D eigenvalue weighted by Crippen LogP contribution is 2.21. The van der Waals surface area contributed by atoms with Crippen LogP contribution < -0.4 is 5.32 Å². The molecule has 0 amide bonds. The number of rotatable bonds is 8. The summed E-state index contributed by atoms with van der Waals surface area (Å²) < 4.78 is 1.85. The van der Waals surface area contributed by atoms with Crippen LogP contribution in [-0.2, 0) is 6.54 Å². The van der Waals surface area contributed by atoms with Gasteiger partial charge < -0.3 is 10.4 Å². The number of hydrogen-bond acceptors (Lipinski definition) is 4. The largest absolute Gasteiger partial charge is 0.396 e. The van der Waals surface area contributed by atoms with Crippen molar-refractivity contribution < 1.29 is 5.11 Å². The summed E-state index contributed by atoms with van der Waals surface area (Å²) in [5.41, 5.74) is 3.40. The lowest BCUT2D eigenvalue weighted by atomic mass is 10.2. The molecule has 0 saturated heterocycles. The Balaban J connectivity index is 1.52. The first kappa shape index (κ1) is 16.6. The molecule has 0 aliphatic rings. The zero-order valence-corrected chi connectivity index (χ0v) is 14.2. The molecule has 2 N–H and O–H groups in total. The highest BCUT2D eigenvalue weighted by atomic mass is 32.2. The minimum atomic E-state index is 0.256. The van der Waals surface area contributed by atoms with Crippen molar-refractivity contribution in [3.05, 3.63) is 72.6 Å². The highest BCUT2D eigenvalue weighted by Gasteiger charge is 1.99. The van der Waals surface area contributed by atoms with E-state index in [0.29, 0.717) is 0 Å². The van der Waals surface area contributed by atoms with Crippen LogP contribution >= 0.6 is 11.8 Å². The lowest BCUT2D eigenvalue weighted by Crippen LogP contribution is -2.00. The normalized spacial score (nSPS) is 10.7. The quantitative estimate of drug-likeness (QED) is 0.482. The summed E-state index contributed by atoms with van der Waals surface area (Å²) in [6.07, 6.45) is 4.55. The molecular formula is C19H21N3OS. The Morgan fingerprint density at radius 2 is 1.83 bits per heavy atom. The molecule has 5 heteroatoms. The van der Waals surface area contributed by atoms with Gasteiger partial charge in [0, 0.05) is 41.9 Å². The first-order chi connectivity index (χ1) is 11.8. The summed E-state index contributed by atoms with van der Waals surface area (Å²) in [6, 6.07) is 18.7. The van der Waals surface area contributed by atoms with E-state index in [1.54, 1.807) is 18.0 Å². The van der Waals surface area contributed by atoms with Crippen LogP contribution in [0.25, 0.3) is 5.69 Å². The minimum absolute atomic E-state index is 0.256. The van der Waals surface area contributed by atoms with Crippen LogP contribution in [0, 0.1) is 0 Å². The highest BCUT2D eigenvalue weighted by molar-refractivity contribution is 7.99. The molecule has 4 nitrogen and oxygen atoms in total. The Bertz CT molecular complexity index is 724. The molecule has 2 aromatic carbocycles. The van der Waals surface area contributed by atoms with Gasteiger partial charge in [-0.2, -0.15) is 5.10 Å². The molecule has 0 bridgehead atoms. The van der Waals surface area contributed by atoms with E-state index >= 15 is 0 Å². The van der Waals surface area contributed by atoms with Crippen molar-refractivity contribution in [2.75, 3.05) is 17.7 Å². The average molecular weight is 339 g/mol. The standard InChI is InChI=1S/C19H21N3OS/c23-13-2-14-24-19-9-5-17(6-10-19)20-15-16-3-7-18(8-4-16)22-12-1-11-21-22/h1,3-12,20,23H,2,13-15H2. The Morgan fingerprint density at radius 3 is 2.50 bits per heavy atom. The monoisotopic (exact) mass is 339 g/mol. The SMILES string of the molecule is OCCCSc1ccc(NCc2ccc(-n3cccn3)cc2)cc1. The number of aromatic nitrogens is 2. The molecule has 1 heterocycles. The van der Waals surface area contributed by atoms with Gasteiger partial charge in [-0.1, -0.05) is 12.1 Å². The Labute approximate surface area is 146 Å². The van der Waals surface area contributed by atoms with Gasteiger partial charge in [-0.3, -0.25) is 0 Å². The van der Waals surface area contributed by atoms with Gasteiger partial charge in [0.15, 0.2) is 0 Å². The zero-order chi connectivity index (χ0) is 16.6. The fourth-order valence-electron chi connectivity index (χ4n) is 2.32. The van der Waals surface area contributed by atoms with Gasteiger partial charge in [0.05, 0.1) is 5.69 Å². The Morgan fingerprint density at radius 1 is 1.04 bits per heavy atom. The maximum Gasteiger partial charge on any atom is 0.0645 e. The molecule has 0 saturated carbocycles. The second-order valence-electron chi connectivity index (χ2n) is 5.42. The molecule has 0 fully saturated rings. The number of benzene rings is 2. The predicted octanol–water partition coefficient (Wildman–Crippen LogP) is 3.96. The van der Waals surface area contributed by atoms with E-state index in [2.05, 4.69) is 58.9 Å². The van der Waals surface area contributed by atoms with Crippen molar-refractivity contribution in [2.45, 2.75) is 17.9 Å². The predicted molar refractivity (Wildman–Crippen MR) is 99.8 cm³/mol. The van der Waals surface area contributed by atoms with Crippen molar-refractivity contribution in [1.82, 2.24) is 9.78 Å². The van der Waals surface area contributed by atoms with Crippen LogP contribution in [0.15, 0.2) is 71.9 Å². The van der Waals surface area contributed by atoms with E-state index in [1.165, 1.54) is 10.5 Å². The van der Waals surface area contributed by atoms with Crippen LogP contribution in [-0.4, -0.2) is 27.2 Å². The second-order valence-corrected chi connectivity index (χ2v) is 6.59. The summed E-state index contributed by atoms with van der Waals surface area (Å²) in [5, 5.41) is 16.5. The third kappa shape index (κ3) is 4.63. The Kier molecular flexibility index (Phi) is 5.93. The van der Waals surface area contributed by atoms with Crippen molar-refractivity contribution in [3.8, 4) is 5.69 Å². The van der Waals surface area contributed by atoms with E-state index in [4.69, 9.17) is 5.11 Å². The van der Waals surface area contributed by atoms with Gasteiger partial charge in [-0.15, -0.1) is 11.8 Å². The molecule has 124 valence electrons. The van der Waals surface area contributed by atoms with Gasteiger partial charge >= 0.3 is 0 Å². The summed E-state index contributed by atoms with van der Waals surface area (Å²) in [4.78, 5) is 1.23. The average Bonchev–Trinajstić information content (AvgIpc) is 3.16. The third-order valence-electron chi connectivity index (χ3n) is 3.63. The molecule has 3 rings (SSSR count). The number of nitrogens with one attached hydrogen (secondary N) is 1. The number of thioether (sulfide) groups is 1. The number of hydrogen-bond donors (Lipinski definition) is 2. The second kappa shape index (κ2) is 8.57. The molecule has 0 atom stereocenters. The summed E-state index contributed by atoms with van der Waals surface area (Å²) in [7, 11) is 0. The fourth-order valence-corrected chi connectivity index (χ4v) is 3.15. The lowest BCUT2D eigenvalue weighted by molar-refractivity contribution is 0.296. The maximum absolute atomic E-state index is 8.81. The molecule has 0 spiro atoms. The topological polar surface area (TPSA) is 50.1 Å². The maximum atomic E-state index is 8.81.